The zero-order chi connectivity index (χ0) is 16.1. The van der Waals surface area contributed by atoms with Crippen LogP contribution in [-0.4, -0.2) is 12.5 Å². The molecule has 0 saturated carbocycles. The summed E-state index contributed by atoms with van der Waals surface area (Å²) in [7, 11) is 0. The van der Waals surface area contributed by atoms with Gasteiger partial charge >= 0.3 is 0 Å². The molecule has 118 valence electrons. The maximum Gasteiger partial charge on any atom is 0.287 e. The second kappa shape index (κ2) is 7.01. The largest absolute Gasteiger partial charge is 0.489 e. The molecule has 1 heterocycles. The van der Waals surface area contributed by atoms with Crippen LogP contribution in [0.4, 0.5) is 0 Å². The maximum absolute atomic E-state index is 12.3. The van der Waals surface area contributed by atoms with Gasteiger partial charge in [-0.15, -0.1) is 0 Å². The first kappa shape index (κ1) is 15.2. The van der Waals surface area contributed by atoms with E-state index in [4.69, 9.17) is 9.15 Å². The van der Waals surface area contributed by atoms with Crippen molar-refractivity contribution in [2.75, 3.05) is 6.54 Å². The van der Waals surface area contributed by atoms with Crippen LogP contribution in [0, 0.1) is 0 Å². The molecule has 3 aromatic rings. The Morgan fingerprint density at radius 2 is 1.83 bits per heavy atom. The molecule has 0 saturated heterocycles. The summed E-state index contributed by atoms with van der Waals surface area (Å²) in [6.07, 6.45) is 0.877. The van der Waals surface area contributed by atoms with Crippen LogP contribution in [0.15, 0.2) is 59.0 Å². The Labute approximate surface area is 135 Å². The number of amides is 1. The molecule has 0 atom stereocenters. The molecule has 2 aromatic carbocycles. The molecule has 0 aliphatic rings. The fraction of sp³-hybridized carbons (Fsp3) is 0.211. The molecular weight excluding hydrogens is 290 g/mol. The third-order valence-electron chi connectivity index (χ3n) is 3.57. The van der Waals surface area contributed by atoms with Crippen LogP contribution in [0.2, 0.25) is 0 Å². The predicted molar refractivity (Wildman–Crippen MR) is 89.6 cm³/mol. The van der Waals surface area contributed by atoms with Crippen LogP contribution < -0.4 is 10.1 Å². The SMILES string of the molecule is CCCNC(=O)c1oc2ccccc2c1COc1ccccc1. The van der Waals surface area contributed by atoms with E-state index < -0.39 is 0 Å². The minimum Gasteiger partial charge on any atom is -0.489 e. The third-order valence-corrected chi connectivity index (χ3v) is 3.57. The van der Waals surface area contributed by atoms with Crippen LogP contribution in [0.5, 0.6) is 5.75 Å². The number of hydrogen-bond donors (Lipinski definition) is 1. The Kier molecular flexibility index (Phi) is 4.62. The number of benzene rings is 2. The number of carbonyl (C=O) groups is 1. The summed E-state index contributed by atoms with van der Waals surface area (Å²) in [5.74, 6) is 0.892. The lowest BCUT2D eigenvalue weighted by Crippen LogP contribution is -2.24. The van der Waals surface area contributed by atoms with E-state index in [1.165, 1.54) is 0 Å². The zero-order valence-corrected chi connectivity index (χ0v) is 13.0. The van der Waals surface area contributed by atoms with Crippen LogP contribution in [0.3, 0.4) is 0 Å². The van der Waals surface area contributed by atoms with Crippen LogP contribution in [0.25, 0.3) is 11.0 Å². The lowest BCUT2D eigenvalue weighted by atomic mass is 10.1. The molecule has 1 aromatic heterocycles. The maximum atomic E-state index is 12.3. The average molecular weight is 309 g/mol. The molecule has 3 rings (SSSR count). The number of hydrogen-bond acceptors (Lipinski definition) is 3. The first-order valence-electron chi connectivity index (χ1n) is 7.76. The second-order valence-corrected chi connectivity index (χ2v) is 5.26. The lowest BCUT2D eigenvalue weighted by molar-refractivity contribution is 0.0924. The van der Waals surface area contributed by atoms with Crippen molar-refractivity contribution in [3.63, 3.8) is 0 Å². The minimum atomic E-state index is -0.199. The summed E-state index contributed by atoms with van der Waals surface area (Å²) < 4.78 is 11.6. The summed E-state index contributed by atoms with van der Waals surface area (Å²) in [5, 5.41) is 3.77. The van der Waals surface area contributed by atoms with E-state index in [1.807, 2.05) is 61.5 Å². The number of ether oxygens (including phenoxy) is 1. The van der Waals surface area contributed by atoms with Crippen molar-refractivity contribution in [1.29, 1.82) is 0 Å². The summed E-state index contributed by atoms with van der Waals surface area (Å²) in [6.45, 7) is 2.92. The Bertz CT molecular complexity index is 793. The number of carbonyl (C=O) groups excluding carboxylic acids is 1. The number of para-hydroxylation sites is 2. The molecule has 0 fully saturated rings. The van der Waals surface area contributed by atoms with Gasteiger partial charge in [-0.05, 0) is 24.6 Å². The van der Waals surface area contributed by atoms with Gasteiger partial charge in [-0.3, -0.25) is 4.79 Å². The Hall–Kier alpha value is -2.75. The van der Waals surface area contributed by atoms with Crippen molar-refractivity contribution in [2.45, 2.75) is 20.0 Å². The van der Waals surface area contributed by atoms with Gasteiger partial charge in [0.25, 0.3) is 5.91 Å². The van der Waals surface area contributed by atoms with Crippen molar-refractivity contribution in [3.8, 4) is 5.75 Å². The van der Waals surface area contributed by atoms with E-state index in [-0.39, 0.29) is 12.5 Å². The van der Waals surface area contributed by atoms with Gasteiger partial charge in [-0.2, -0.15) is 0 Å². The van der Waals surface area contributed by atoms with Crippen LogP contribution in [-0.2, 0) is 6.61 Å². The van der Waals surface area contributed by atoms with Crippen molar-refractivity contribution < 1.29 is 13.9 Å². The quantitative estimate of drug-likeness (QED) is 0.744. The monoisotopic (exact) mass is 309 g/mol. The number of nitrogens with one attached hydrogen (secondary N) is 1. The third kappa shape index (κ3) is 3.37. The normalized spacial score (nSPS) is 10.7. The summed E-state index contributed by atoms with van der Waals surface area (Å²) in [4.78, 5) is 12.3. The molecule has 1 N–H and O–H groups in total. The van der Waals surface area contributed by atoms with E-state index in [1.54, 1.807) is 0 Å². The van der Waals surface area contributed by atoms with Crippen molar-refractivity contribution in [2.24, 2.45) is 0 Å². The molecule has 1 amide bonds. The molecule has 4 heteroatoms. The Morgan fingerprint density at radius 3 is 2.61 bits per heavy atom. The van der Waals surface area contributed by atoms with E-state index in [0.717, 1.165) is 23.1 Å². The Morgan fingerprint density at radius 1 is 1.09 bits per heavy atom. The number of fused-ring (bicyclic) bond motifs is 1. The predicted octanol–water partition coefficient (Wildman–Crippen LogP) is 4.15. The Balaban J connectivity index is 1.91. The highest BCUT2D eigenvalue weighted by Crippen LogP contribution is 2.27. The fourth-order valence-electron chi connectivity index (χ4n) is 2.42. The van der Waals surface area contributed by atoms with Crippen molar-refractivity contribution >= 4 is 16.9 Å². The van der Waals surface area contributed by atoms with Gasteiger partial charge in [0, 0.05) is 17.5 Å². The van der Waals surface area contributed by atoms with E-state index in [2.05, 4.69) is 5.32 Å². The summed E-state index contributed by atoms with van der Waals surface area (Å²) in [5.41, 5.74) is 1.47. The molecule has 0 bridgehead atoms. The van der Waals surface area contributed by atoms with Gasteiger partial charge in [-0.1, -0.05) is 43.3 Å². The van der Waals surface area contributed by atoms with Crippen molar-refractivity contribution in [1.82, 2.24) is 5.32 Å². The van der Waals surface area contributed by atoms with Crippen molar-refractivity contribution in [3.05, 3.63) is 65.9 Å². The van der Waals surface area contributed by atoms with E-state index in [0.29, 0.717) is 17.9 Å². The molecule has 0 aliphatic heterocycles. The summed E-state index contributed by atoms with van der Waals surface area (Å²) in [6, 6.07) is 17.2. The average Bonchev–Trinajstić information content (AvgIpc) is 2.97. The van der Waals surface area contributed by atoms with Crippen LogP contribution >= 0.6 is 0 Å². The van der Waals surface area contributed by atoms with Crippen LogP contribution in [0.1, 0.15) is 29.5 Å². The minimum absolute atomic E-state index is 0.199. The molecule has 0 aliphatic carbocycles. The first-order chi connectivity index (χ1) is 11.3. The molecule has 0 spiro atoms. The zero-order valence-electron chi connectivity index (χ0n) is 13.0. The highest BCUT2D eigenvalue weighted by atomic mass is 16.5. The molecule has 4 nitrogen and oxygen atoms in total. The first-order valence-corrected chi connectivity index (χ1v) is 7.76. The molecule has 0 radical (unpaired) electrons. The molecule has 0 unspecified atom stereocenters. The standard InChI is InChI=1S/C19H19NO3/c1-2-12-20-19(21)18-16(13-22-14-8-4-3-5-9-14)15-10-6-7-11-17(15)23-18/h3-11H,2,12-13H2,1H3,(H,20,21). The highest BCUT2D eigenvalue weighted by Gasteiger charge is 2.20. The molecule has 23 heavy (non-hydrogen) atoms. The lowest BCUT2D eigenvalue weighted by Gasteiger charge is -2.07. The number of furan rings is 1. The van der Waals surface area contributed by atoms with E-state index in [9.17, 15) is 4.79 Å². The van der Waals surface area contributed by atoms with Gasteiger partial charge in [0.1, 0.15) is 17.9 Å². The highest BCUT2D eigenvalue weighted by molar-refractivity contribution is 5.99. The summed E-state index contributed by atoms with van der Waals surface area (Å²) >= 11 is 0. The van der Waals surface area contributed by atoms with Gasteiger partial charge in [-0.25, -0.2) is 0 Å². The van der Waals surface area contributed by atoms with Gasteiger partial charge in [0.2, 0.25) is 0 Å². The smallest absolute Gasteiger partial charge is 0.287 e. The van der Waals surface area contributed by atoms with Gasteiger partial charge in [0.15, 0.2) is 5.76 Å². The fourth-order valence-corrected chi connectivity index (χ4v) is 2.42. The van der Waals surface area contributed by atoms with Gasteiger partial charge < -0.3 is 14.5 Å². The number of rotatable bonds is 6. The topological polar surface area (TPSA) is 51.5 Å². The van der Waals surface area contributed by atoms with Gasteiger partial charge in [0.05, 0.1) is 0 Å². The second-order valence-electron chi connectivity index (χ2n) is 5.26. The van der Waals surface area contributed by atoms with E-state index >= 15 is 0 Å². The molecular formula is C19H19NO3.